The second-order valence-electron chi connectivity index (χ2n) is 10.9. The third kappa shape index (κ3) is 8.91. The maximum Gasteiger partial charge on any atom is 0.442 e. The molecule has 1 aliphatic rings. The van der Waals surface area contributed by atoms with Crippen LogP contribution in [0.3, 0.4) is 0 Å². The Kier molecular flexibility index (Phi) is 12.1. The van der Waals surface area contributed by atoms with Crippen molar-refractivity contribution < 1.29 is 23.1 Å². The number of hydrogen-bond donors (Lipinski definition) is 0. The zero-order valence-corrected chi connectivity index (χ0v) is 29.5. The van der Waals surface area contributed by atoms with Gasteiger partial charge in [-0.3, -0.25) is 14.3 Å². The van der Waals surface area contributed by atoms with E-state index in [1.807, 2.05) is 20.8 Å². The standard InChI is InChI=1S/C15H14Cl2N2O3.C15H15ClFN3O3S2/c1-5-6-21-12-8-11(9(16)7-10(12)17)19-14(20)22-13(18-19)15(2,3)4;1-23-13(21)8-24-12-7-11(10(17)6-9(12)16)18-14-19-4-2-3-5-20(19)15(22)25-14/h1,7-8H,6H2,2-4H3;6-7H,2-5,8H2,1H3. The predicted molar refractivity (Wildman–Crippen MR) is 180 cm³/mol. The summed E-state index contributed by atoms with van der Waals surface area (Å²) in [7, 11) is 1.30. The number of nitrogens with zero attached hydrogens (tertiary/aromatic N) is 5. The van der Waals surface area contributed by atoms with E-state index in [1.165, 1.54) is 25.3 Å². The summed E-state index contributed by atoms with van der Waals surface area (Å²) in [4.78, 5) is 40.5. The Morgan fingerprint density at radius 3 is 2.47 bits per heavy atom. The van der Waals surface area contributed by atoms with E-state index < -0.39 is 23.0 Å². The predicted octanol–water partition coefficient (Wildman–Crippen LogP) is 6.24. The summed E-state index contributed by atoms with van der Waals surface area (Å²) in [6.45, 7) is 7.02. The van der Waals surface area contributed by atoms with E-state index in [0.29, 0.717) is 40.1 Å². The van der Waals surface area contributed by atoms with Crippen molar-refractivity contribution >= 4 is 69.6 Å². The molecular weight excluding hydrogens is 716 g/mol. The number of carbonyl (C=O) groups is 1. The minimum Gasteiger partial charge on any atom is -0.479 e. The lowest BCUT2D eigenvalue weighted by atomic mass is 9.97. The number of methoxy groups -OCH3 is 1. The van der Waals surface area contributed by atoms with Crippen LogP contribution < -0.4 is 20.2 Å². The van der Waals surface area contributed by atoms with Crippen LogP contribution in [0.5, 0.6) is 5.75 Å². The van der Waals surface area contributed by atoms with Crippen LogP contribution >= 0.6 is 57.9 Å². The molecule has 11 nitrogen and oxygen atoms in total. The van der Waals surface area contributed by atoms with Crippen molar-refractivity contribution in [2.45, 2.75) is 57.0 Å². The SMILES string of the molecule is C#CCOc1cc(-n2nc(C(C)(C)C)oc2=O)c(Cl)cc1Cl.COC(=O)CSc1cc(N=c2sc(=O)n3n2CCCC3)c(F)cc1Cl. The fourth-order valence-electron chi connectivity index (χ4n) is 4.07. The molecule has 0 radical (unpaired) electrons. The van der Waals surface area contributed by atoms with Crippen LogP contribution in [0.4, 0.5) is 10.1 Å². The summed E-state index contributed by atoms with van der Waals surface area (Å²) in [6, 6.07) is 5.60. The smallest absolute Gasteiger partial charge is 0.442 e. The van der Waals surface area contributed by atoms with Crippen molar-refractivity contribution in [2.24, 2.45) is 4.99 Å². The lowest BCUT2D eigenvalue weighted by Gasteiger charge is -2.15. The molecule has 2 aromatic heterocycles. The normalized spacial score (nSPS) is 13.0. The lowest BCUT2D eigenvalue weighted by molar-refractivity contribution is -0.137. The van der Waals surface area contributed by atoms with Gasteiger partial charge in [-0.25, -0.2) is 18.9 Å². The van der Waals surface area contributed by atoms with Crippen molar-refractivity contribution in [3.8, 4) is 23.8 Å². The second kappa shape index (κ2) is 15.6. The van der Waals surface area contributed by atoms with E-state index in [4.69, 9.17) is 50.4 Å². The average molecular weight is 745 g/mol. The maximum absolute atomic E-state index is 14.3. The van der Waals surface area contributed by atoms with Gasteiger partial charge >= 0.3 is 16.6 Å². The molecule has 250 valence electrons. The zero-order chi connectivity index (χ0) is 34.5. The quantitative estimate of drug-likeness (QED) is 0.124. The van der Waals surface area contributed by atoms with Gasteiger partial charge in [-0.1, -0.05) is 61.5 Å². The molecule has 0 spiro atoms. The minimum atomic E-state index is -0.642. The van der Waals surface area contributed by atoms with Gasteiger partial charge < -0.3 is 13.9 Å². The molecule has 0 unspecified atom stereocenters. The van der Waals surface area contributed by atoms with Gasteiger partial charge in [-0.2, -0.15) is 4.68 Å². The Bertz CT molecular complexity index is 2020. The Hall–Kier alpha value is -3.48. The van der Waals surface area contributed by atoms with E-state index in [1.54, 1.807) is 9.36 Å². The minimum absolute atomic E-state index is 0.0434. The van der Waals surface area contributed by atoms with E-state index in [9.17, 15) is 18.8 Å². The van der Waals surface area contributed by atoms with E-state index in [-0.39, 0.29) is 38.0 Å². The van der Waals surface area contributed by atoms with Crippen LogP contribution in [0.1, 0.15) is 39.5 Å². The van der Waals surface area contributed by atoms with Gasteiger partial charge in [-0.15, -0.1) is 23.3 Å². The van der Waals surface area contributed by atoms with Gasteiger partial charge in [0.05, 0.1) is 33.6 Å². The Balaban J connectivity index is 0.000000215. The topological polar surface area (TPSA) is 123 Å². The van der Waals surface area contributed by atoms with Crippen molar-refractivity contribution in [1.29, 1.82) is 0 Å². The number of rotatable bonds is 7. The average Bonchev–Trinajstić information content (AvgIpc) is 3.57. The number of esters is 1. The van der Waals surface area contributed by atoms with Crippen LogP contribution in [0, 0.1) is 18.2 Å². The molecule has 0 amide bonds. The van der Waals surface area contributed by atoms with Crippen molar-refractivity contribution in [3.05, 3.63) is 76.1 Å². The van der Waals surface area contributed by atoms with Crippen molar-refractivity contribution in [1.82, 2.24) is 19.1 Å². The monoisotopic (exact) mass is 743 g/mol. The van der Waals surface area contributed by atoms with Gasteiger partial charge in [0.25, 0.3) is 0 Å². The van der Waals surface area contributed by atoms with Gasteiger partial charge in [0, 0.05) is 29.5 Å². The molecule has 0 N–H and O–H groups in total. The van der Waals surface area contributed by atoms with Crippen LogP contribution in [-0.4, -0.2) is 44.6 Å². The molecule has 5 rings (SSSR count). The van der Waals surface area contributed by atoms with E-state index in [0.717, 1.165) is 46.7 Å². The molecule has 17 heteroatoms. The molecule has 0 atom stereocenters. The first kappa shape index (κ1) is 36.4. The maximum atomic E-state index is 14.3. The molecule has 2 aromatic carbocycles. The summed E-state index contributed by atoms with van der Waals surface area (Å²) in [5.74, 6) is 1.38. The molecule has 0 saturated heterocycles. The first-order chi connectivity index (χ1) is 22.2. The van der Waals surface area contributed by atoms with Gasteiger partial charge in [0.15, 0.2) is 0 Å². The Morgan fingerprint density at radius 1 is 1.13 bits per heavy atom. The van der Waals surface area contributed by atoms with Gasteiger partial charge in [0.1, 0.15) is 23.9 Å². The highest BCUT2D eigenvalue weighted by atomic mass is 35.5. The van der Waals surface area contributed by atoms with Crippen LogP contribution in [0.25, 0.3) is 5.69 Å². The molecule has 4 aromatic rings. The number of fused-ring (bicyclic) bond motifs is 1. The Morgan fingerprint density at radius 2 is 1.83 bits per heavy atom. The number of carbonyl (C=O) groups excluding carboxylic acids is 1. The highest BCUT2D eigenvalue weighted by Gasteiger charge is 2.24. The number of thioether (sulfide) groups is 1. The summed E-state index contributed by atoms with van der Waals surface area (Å²) in [6.07, 6.45) is 7.05. The van der Waals surface area contributed by atoms with Crippen molar-refractivity contribution in [2.75, 3.05) is 19.5 Å². The molecule has 0 fully saturated rings. The summed E-state index contributed by atoms with van der Waals surface area (Å²) < 4.78 is 33.8. The number of aromatic nitrogens is 4. The molecule has 47 heavy (non-hydrogen) atoms. The van der Waals surface area contributed by atoms with Gasteiger partial charge in [-0.05, 0) is 42.4 Å². The molecule has 1 aliphatic heterocycles. The van der Waals surface area contributed by atoms with Crippen LogP contribution in [0.2, 0.25) is 15.1 Å². The largest absolute Gasteiger partial charge is 0.479 e. The highest BCUT2D eigenvalue weighted by molar-refractivity contribution is 8.00. The van der Waals surface area contributed by atoms with E-state index in [2.05, 4.69) is 20.7 Å². The third-order valence-electron chi connectivity index (χ3n) is 6.41. The lowest BCUT2D eigenvalue weighted by Crippen LogP contribution is -2.31. The number of benzene rings is 2. The molecule has 0 saturated carbocycles. The number of ether oxygens (including phenoxy) is 2. The molecule has 0 bridgehead atoms. The number of halogens is 4. The summed E-state index contributed by atoms with van der Waals surface area (Å²) in [5.41, 5.74) is -0.0200. The summed E-state index contributed by atoms with van der Waals surface area (Å²) in [5, 5.41) is 4.91. The molecular formula is C30H29Cl3FN5O6S2. The van der Waals surface area contributed by atoms with Crippen molar-refractivity contribution in [3.63, 3.8) is 0 Å². The van der Waals surface area contributed by atoms with E-state index >= 15 is 0 Å². The fourth-order valence-corrected chi connectivity index (χ4v) is 6.58. The fraction of sp³-hybridized carbons (Fsp3) is 0.367. The first-order valence-corrected chi connectivity index (χ1v) is 16.9. The summed E-state index contributed by atoms with van der Waals surface area (Å²) >= 11 is 20.3. The van der Waals surface area contributed by atoms with Crippen LogP contribution in [-0.2, 0) is 28.0 Å². The third-order valence-corrected chi connectivity index (χ3v) is 9.33. The number of terminal acetylenes is 1. The second-order valence-corrected chi connectivity index (χ2v) is 14.0. The highest BCUT2D eigenvalue weighted by Crippen LogP contribution is 2.34. The zero-order valence-electron chi connectivity index (χ0n) is 25.6. The van der Waals surface area contributed by atoms with Gasteiger partial charge in [0.2, 0.25) is 10.7 Å². The first-order valence-electron chi connectivity index (χ1n) is 13.9. The molecule has 3 heterocycles. The molecule has 0 aliphatic carbocycles. The number of hydrogen-bond acceptors (Lipinski definition) is 10. The Labute approximate surface area is 291 Å². The van der Waals surface area contributed by atoms with Crippen LogP contribution in [0.15, 0.2) is 48.2 Å².